The van der Waals surface area contributed by atoms with E-state index >= 15 is 0 Å². The first-order valence-corrected chi connectivity index (χ1v) is 6.58. The van der Waals surface area contributed by atoms with Gasteiger partial charge in [-0.1, -0.05) is 37.3 Å². The number of nitrogens with one attached hydrogen (secondary N) is 1. The Bertz CT molecular complexity index is 509. The Morgan fingerprint density at radius 2 is 1.71 bits per heavy atom. The summed E-state index contributed by atoms with van der Waals surface area (Å²) in [4.78, 5) is 23.2. The third-order valence-electron chi connectivity index (χ3n) is 2.94. The van der Waals surface area contributed by atoms with Gasteiger partial charge in [-0.05, 0) is 26.3 Å². The summed E-state index contributed by atoms with van der Waals surface area (Å²) < 4.78 is 5.00. The molecule has 0 fully saturated rings. The maximum atomic E-state index is 11.8. The number of aliphatic carboxylic acids is 1. The number of carbonyl (C=O) groups excluding carboxylic acids is 1. The first kappa shape index (κ1) is 17.0. The molecule has 0 radical (unpaired) electrons. The molecule has 0 aromatic heterocycles. The number of hydrogen-bond acceptors (Lipinski definition) is 4. The van der Waals surface area contributed by atoms with Gasteiger partial charge in [-0.15, -0.1) is 0 Å². The monoisotopic (exact) mass is 295 g/mol. The highest BCUT2D eigenvalue weighted by molar-refractivity contribution is 5.83. The third kappa shape index (κ3) is 4.46. The molecule has 1 aromatic carbocycles. The summed E-state index contributed by atoms with van der Waals surface area (Å²) in [7, 11) is 0. The highest BCUT2D eigenvalue weighted by Gasteiger charge is 2.45. The molecule has 6 nitrogen and oxygen atoms in total. The second kappa shape index (κ2) is 6.13. The highest BCUT2D eigenvalue weighted by Crippen LogP contribution is 2.26. The molecule has 1 aromatic rings. The van der Waals surface area contributed by atoms with Crippen LogP contribution in [0.4, 0.5) is 4.79 Å². The predicted octanol–water partition coefficient (Wildman–Crippen LogP) is 2.09. The Hall–Kier alpha value is -2.08. The fourth-order valence-corrected chi connectivity index (χ4v) is 1.79. The van der Waals surface area contributed by atoms with Gasteiger partial charge < -0.3 is 14.9 Å². The van der Waals surface area contributed by atoms with Gasteiger partial charge in [0, 0.05) is 5.92 Å². The molecule has 0 aliphatic rings. The first-order valence-electron chi connectivity index (χ1n) is 6.58. The van der Waals surface area contributed by atoms with E-state index < -0.39 is 29.3 Å². The number of carboxylic acids is 1. The first-order chi connectivity index (χ1) is 9.56. The molecule has 3 N–H and O–H groups in total. The minimum absolute atomic E-state index is 0.582. The summed E-state index contributed by atoms with van der Waals surface area (Å²) in [6.45, 7) is 6.45. The summed E-state index contributed by atoms with van der Waals surface area (Å²) >= 11 is 0. The van der Waals surface area contributed by atoms with Crippen molar-refractivity contribution in [1.29, 1.82) is 0 Å². The Kier molecular flexibility index (Phi) is 4.96. The van der Waals surface area contributed by atoms with E-state index in [1.54, 1.807) is 51.1 Å². The van der Waals surface area contributed by atoms with Crippen molar-refractivity contribution >= 4 is 12.1 Å². The van der Waals surface area contributed by atoms with Gasteiger partial charge in [0.1, 0.15) is 5.60 Å². The number of rotatable bonds is 4. The number of benzene rings is 1. The van der Waals surface area contributed by atoms with Crippen molar-refractivity contribution in [2.75, 3.05) is 0 Å². The molecule has 0 spiro atoms. The number of carboxylic acid groups (broad SMARTS) is 1. The molecule has 0 saturated heterocycles. The van der Waals surface area contributed by atoms with E-state index in [0.717, 1.165) is 0 Å². The summed E-state index contributed by atoms with van der Waals surface area (Å²) in [5.41, 5.74) is -2.66. The average molecular weight is 295 g/mol. The molecule has 116 valence electrons. The van der Waals surface area contributed by atoms with Gasteiger partial charge in [0.15, 0.2) is 0 Å². The minimum atomic E-state index is -2.45. The van der Waals surface area contributed by atoms with Crippen LogP contribution in [0.25, 0.3) is 0 Å². The van der Waals surface area contributed by atoms with Crippen LogP contribution in [0.15, 0.2) is 30.3 Å². The Balaban J connectivity index is 2.99. The second-order valence-corrected chi connectivity index (χ2v) is 5.83. The van der Waals surface area contributed by atoms with E-state index in [1.165, 1.54) is 6.92 Å². The molecule has 0 heterocycles. The normalized spacial score (nSPS) is 15.7. The molecule has 2 atom stereocenters. The maximum Gasteiger partial charge on any atom is 0.410 e. The van der Waals surface area contributed by atoms with Gasteiger partial charge in [0.05, 0.1) is 0 Å². The Morgan fingerprint density at radius 3 is 2.14 bits per heavy atom. The van der Waals surface area contributed by atoms with Crippen LogP contribution in [0.1, 0.15) is 39.2 Å². The van der Waals surface area contributed by atoms with E-state index in [4.69, 9.17) is 4.74 Å². The van der Waals surface area contributed by atoms with Crippen molar-refractivity contribution in [3.63, 3.8) is 0 Å². The Morgan fingerprint density at radius 1 is 1.19 bits per heavy atom. The van der Waals surface area contributed by atoms with Gasteiger partial charge in [-0.2, -0.15) is 0 Å². The molecular weight excluding hydrogens is 274 g/mol. The van der Waals surface area contributed by atoms with Crippen LogP contribution in [0.2, 0.25) is 0 Å². The van der Waals surface area contributed by atoms with Crippen molar-refractivity contribution in [1.82, 2.24) is 5.32 Å². The second-order valence-electron chi connectivity index (χ2n) is 5.83. The molecule has 21 heavy (non-hydrogen) atoms. The molecule has 1 rings (SSSR count). The van der Waals surface area contributed by atoms with Crippen molar-refractivity contribution in [2.45, 2.75) is 44.9 Å². The number of hydrogen-bond donors (Lipinski definition) is 3. The summed E-state index contributed by atoms with van der Waals surface area (Å²) in [5.74, 6) is -2.41. The molecule has 0 aliphatic carbocycles. The van der Waals surface area contributed by atoms with Crippen LogP contribution in [-0.4, -0.2) is 33.6 Å². The fourth-order valence-electron chi connectivity index (χ4n) is 1.79. The fraction of sp³-hybridized carbons (Fsp3) is 0.467. The van der Waals surface area contributed by atoms with Crippen molar-refractivity contribution in [2.24, 2.45) is 0 Å². The summed E-state index contributed by atoms with van der Waals surface area (Å²) in [6, 6.07) is 8.57. The van der Waals surface area contributed by atoms with E-state index in [0.29, 0.717) is 5.56 Å². The number of alkyl carbamates (subject to hydrolysis) is 1. The highest BCUT2D eigenvalue weighted by atomic mass is 16.6. The van der Waals surface area contributed by atoms with Crippen LogP contribution >= 0.6 is 0 Å². The lowest BCUT2D eigenvalue weighted by atomic mass is 9.90. The Labute approximate surface area is 123 Å². The molecule has 0 aliphatic heterocycles. The average Bonchev–Trinajstić information content (AvgIpc) is 2.36. The predicted molar refractivity (Wildman–Crippen MR) is 76.8 cm³/mol. The van der Waals surface area contributed by atoms with Crippen LogP contribution in [-0.2, 0) is 9.53 Å². The summed E-state index contributed by atoms with van der Waals surface area (Å²) in [6.07, 6.45) is -0.991. The number of aliphatic hydroxyl groups is 1. The van der Waals surface area contributed by atoms with Crippen LogP contribution in [0.3, 0.4) is 0 Å². The number of amides is 1. The molecule has 1 amide bonds. The molecule has 0 bridgehead atoms. The zero-order valence-corrected chi connectivity index (χ0v) is 12.6. The van der Waals surface area contributed by atoms with Gasteiger partial charge in [0.25, 0.3) is 0 Å². The SMILES string of the molecule is C[C@@H](c1ccccc1)[C@](O)(NC(=O)OC(C)(C)C)C(=O)O. The van der Waals surface area contributed by atoms with Crippen LogP contribution in [0, 0.1) is 0 Å². The maximum absolute atomic E-state index is 11.8. The van der Waals surface area contributed by atoms with Crippen molar-refractivity contribution < 1.29 is 24.5 Å². The lowest BCUT2D eigenvalue weighted by molar-refractivity contribution is -0.164. The molecule has 0 saturated carbocycles. The van der Waals surface area contributed by atoms with Gasteiger partial charge >= 0.3 is 12.1 Å². The van der Waals surface area contributed by atoms with Gasteiger partial charge in [-0.3, -0.25) is 5.32 Å². The zero-order valence-electron chi connectivity index (χ0n) is 12.6. The van der Waals surface area contributed by atoms with E-state index in [2.05, 4.69) is 0 Å². The molecule has 0 unspecified atom stereocenters. The van der Waals surface area contributed by atoms with Crippen LogP contribution < -0.4 is 5.32 Å². The molecule has 6 heteroatoms. The van der Waals surface area contributed by atoms with Gasteiger partial charge in [-0.25, -0.2) is 9.59 Å². The molecular formula is C15H21NO5. The lowest BCUT2D eigenvalue weighted by Gasteiger charge is -2.32. The number of carbonyl (C=O) groups is 2. The zero-order chi connectivity index (χ0) is 16.3. The van der Waals surface area contributed by atoms with Gasteiger partial charge in [0.2, 0.25) is 5.72 Å². The third-order valence-corrected chi connectivity index (χ3v) is 2.94. The largest absolute Gasteiger partial charge is 0.478 e. The van der Waals surface area contributed by atoms with Crippen molar-refractivity contribution in [3.8, 4) is 0 Å². The lowest BCUT2D eigenvalue weighted by Crippen LogP contribution is -2.58. The standard InChI is InChI=1S/C15H21NO5/c1-10(11-8-6-5-7-9-11)15(20,12(17)18)16-13(19)21-14(2,3)4/h5-10,20H,1-4H3,(H,16,19)(H,17,18)/t10-,15+/m0/s1. The van der Waals surface area contributed by atoms with E-state index in [-0.39, 0.29) is 0 Å². The smallest absolute Gasteiger partial charge is 0.410 e. The van der Waals surface area contributed by atoms with E-state index in [1.807, 2.05) is 5.32 Å². The van der Waals surface area contributed by atoms with Crippen LogP contribution in [0.5, 0.6) is 0 Å². The topological polar surface area (TPSA) is 95.9 Å². The summed E-state index contributed by atoms with van der Waals surface area (Å²) in [5, 5.41) is 21.7. The van der Waals surface area contributed by atoms with Crippen molar-refractivity contribution in [3.05, 3.63) is 35.9 Å². The quantitative estimate of drug-likeness (QED) is 0.739. The minimum Gasteiger partial charge on any atom is -0.478 e. The number of ether oxygens (including phenoxy) is 1. The van der Waals surface area contributed by atoms with E-state index in [9.17, 15) is 19.8 Å².